The summed E-state index contributed by atoms with van der Waals surface area (Å²) in [7, 11) is 0. The molecule has 0 bridgehead atoms. The fourth-order valence-corrected chi connectivity index (χ4v) is 2.32. The lowest BCUT2D eigenvalue weighted by Gasteiger charge is -2.28. The van der Waals surface area contributed by atoms with E-state index in [0.717, 1.165) is 5.56 Å². The molecular weight excluding hydrogens is 276 g/mol. The number of rotatable bonds is 6. The number of anilines is 1. The summed E-state index contributed by atoms with van der Waals surface area (Å²) in [5.41, 5.74) is 7.69. The first-order chi connectivity index (χ1) is 10.6. The Kier molecular flexibility index (Phi) is 5.44. The molecule has 1 amide bonds. The average molecular weight is 295 g/mol. The van der Waals surface area contributed by atoms with Crippen LogP contribution in [0, 0.1) is 0 Å². The van der Waals surface area contributed by atoms with Gasteiger partial charge in [-0.25, -0.2) is 0 Å². The van der Waals surface area contributed by atoms with Crippen molar-refractivity contribution in [1.82, 2.24) is 0 Å². The minimum absolute atomic E-state index is 0.286. The van der Waals surface area contributed by atoms with Crippen LogP contribution in [-0.4, -0.2) is 24.3 Å². The Hall–Kier alpha value is -2.46. The third kappa shape index (κ3) is 3.80. The minimum Gasteiger partial charge on any atom is -0.320 e. The Morgan fingerprint density at radius 1 is 1.09 bits per heavy atom. The summed E-state index contributed by atoms with van der Waals surface area (Å²) in [5.74, 6) is -0.286. The molecule has 2 N–H and O–H groups in total. The van der Waals surface area contributed by atoms with E-state index in [1.54, 1.807) is 19.1 Å². The van der Waals surface area contributed by atoms with E-state index in [0.29, 0.717) is 12.1 Å². The van der Waals surface area contributed by atoms with Gasteiger partial charge < -0.3 is 10.6 Å². The van der Waals surface area contributed by atoms with Gasteiger partial charge in [0.2, 0.25) is 12.2 Å². The Morgan fingerprint density at radius 2 is 1.64 bits per heavy atom. The van der Waals surface area contributed by atoms with Crippen LogP contribution in [0.15, 0.2) is 60.7 Å². The molecule has 0 aliphatic rings. The molecule has 4 heteroatoms. The summed E-state index contributed by atoms with van der Waals surface area (Å²) >= 11 is 0. The molecule has 4 nitrogen and oxygen atoms in total. The summed E-state index contributed by atoms with van der Waals surface area (Å²) < 4.78 is 0. The standard InChI is InChI=1S/C18H19N2O2/c1-14(13-21)20(16-10-6-3-7-11-16)18(22)17(19)12-15-8-4-2-5-9-15/h2-11,14,17H,12,19H2,1H3/t14-,17-/m0/s1. The van der Waals surface area contributed by atoms with Crippen molar-refractivity contribution >= 4 is 17.9 Å². The Balaban J connectivity index is 2.20. The van der Waals surface area contributed by atoms with Crippen molar-refractivity contribution in [2.45, 2.75) is 25.4 Å². The number of hydrogen-bond donors (Lipinski definition) is 1. The van der Waals surface area contributed by atoms with Gasteiger partial charge in [-0.05, 0) is 31.0 Å². The smallest absolute Gasteiger partial charge is 0.244 e. The first-order valence-corrected chi connectivity index (χ1v) is 7.18. The van der Waals surface area contributed by atoms with Crippen LogP contribution in [0.5, 0.6) is 0 Å². The molecule has 0 fully saturated rings. The van der Waals surface area contributed by atoms with Crippen LogP contribution >= 0.6 is 0 Å². The van der Waals surface area contributed by atoms with Crippen molar-refractivity contribution < 1.29 is 9.59 Å². The molecule has 0 aromatic heterocycles. The van der Waals surface area contributed by atoms with Crippen LogP contribution in [0.25, 0.3) is 0 Å². The molecule has 22 heavy (non-hydrogen) atoms. The molecule has 0 spiro atoms. The second kappa shape index (κ2) is 7.52. The van der Waals surface area contributed by atoms with Crippen LogP contribution < -0.4 is 10.6 Å². The first-order valence-electron chi connectivity index (χ1n) is 7.18. The van der Waals surface area contributed by atoms with E-state index >= 15 is 0 Å². The largest absolute Gasteiger partial charge is 0.320 e. The normalized spacial score (nSPS) is 13.2. The maximum atomic E-state index is 12.7. The summed E-state index contributed by atoms with van der Waals surface area (Å²) in [6, 6.07) is 17.2. The second-order valence-electron chi connectivity index (χ2n) is 5.13. The summed E-state index contributed by atoms with van der Waals surface area (Å²) in [5, 5.41) is 0. The molecule has 0 saturated carbocycles. The van der Waals surface area contributed by atoms with E-state index in [1.165, 1.54) is 4.90 Å². The topological polar surface area (TPSA) is 63.4 Å². The van der Waals surface area contributed by atoms with Crippen molar-refractivity contribution in [3.63, 3.8) is 0 Å². The summed E-state index contributed by atoms with van der Waals surface area (Å²) in [6.45, 7) is 1.63. The van der Waals surface area contributed by atoms with Gasteiger partial charge in [0.05, 0.1) is 6.04 Å². The molecule has 2 atom stereocenters. The summed E-state index contributed by atoms with van der Waals surface area (Å²) in [4.78, 5) is 25.1. The summed E-state index contributed by atoms with van der Waals surface area (Å²) in [6.07, 6.45) is 2.29. The van der Waals surface area contributed by atoms with E-state index in [4.69, 9.17) is 5.73 Å². The monoisotopic (exact) mass is 295 g/mol. The number of hydrogen-bond acceptors (Lipinski definition) is 3. The maximum Gasteiger partial charge on any atom is 0.244 e. The number of nitrogens with two attached hydrogens (primary N) is 1. The second-order valence-corrected chi connectivity index (χ2v) is 5.13. The van der Waals surface area contributed by atoms with Gasteiger partial charge in [-0.15, -0.1) is 0 Å². The van der Waals surface area contributed by atoms with Gasteiger partial charge in [0.25, 0.3) is 0 Å². The zero-order valence-corrected chi connectivity index (χ0v) is 12.5. The van der Waals surface area contributed by atoms with Gasteiger partial charge in [-0.3, -0.25) is 9.59 Å². The Bertz CT molecular complexity index is 613. The molecule has 0 aliphatic heterocycles. The lowest BCUT2D eigenvalue weighted by Crippen LogP contribution is -2.49. The number of benzene rings is 2. The molecule has 1 radical (unpaired) electrons. The zero-order chi connectivity index (χ0) is 15.9. The van der Waals surface area contributed by atoms with E-state index in [-0.39, 0.29) is 5.91 Å². The quantitative estimate of drug-likeness (QED) is 0.887. The third-order valence-electron chi connectivity index (χ3n) is 3.45. The fourth-order valence-electron chi connectivity index (χ4n) is 2.32. The van der Waals surface area contributed by atoms with Gasteiger partial charge in [-0.1, -0.05) is 48.5 Å². The van der Waals surface area contributed by atoms with Crippen LogP contribution in [0.1, 0.15) is 12.5 Å². The predicted molar refractivity (Wildman–Crippen MR) is 87.2 cm³/mol. The van der Waals surface area contributed by atoms with E-state index < -0.39 is 12.1 Å². The van der Waals surface area contributed by atoms with Crippen LogP contribution in [0.4, 0.5) is 5.69 Å². The number of para-hydroxylation sites is 1. The highest BCUT2D eigenvalue weighted by atomic mass is 16.2. The van der Waals surface area contributed by atoms with E-state index in [9.17, 15) is 9.59 Å². The molecule has 2 aromatic carbocycles. The molecule has 2 aromatic rings. The van der Waals surface area contributed by atoms with Crippen molar-refractivity contribution in [1.29, 1.82) is 0 Å². The number of carbonyl (C=O) groups is 1. The predicted octanol–water partition coefficient (Wildman–Crippen LogP) is 2.09. The SMILES string of the molecule is C[C@@H]([C]=O)N(C(=O)[C@@H](N)Cc1ccccc1)c1ccccc1. The zero-order valence-electron chi connectivity index (χ0n) is 12.5. The van der Waals surface area contributed by atoms with Crippen LogP contribution in [-0.2, 0) is 16.0 Å². The maximum absolute atomic E-state index is 12.7. The number of carbonyl (C=O) groups excluding carboxylic acids is 2. The van der Waals surface area contributed by atoms with Crippen molar-refractivity contribution in [3.05, 3.63) is 66.2 Å². The van der Waals surface area contributed by atoms with Gasteiger partial charge in [0.15, 0.2) is 0 Å². The Morgan fingerprint density at radius 3 is 2.18 bits per heavy atom. The molecular formula is C18H19N2O2. The lowest BCUT2D eigenvalue weighted by molar-refractivity contribution is -0.120. The van der Waals surface area contributed by atoms with Gasteiger partial charge in [0.1, 0.15) is 6.04 Å². The van der Waals surface area contributed by atoms with Gasteiger partial charge in [-0.2, -0.15) is 0 Å². The highest BCUT2D eigenvalue weighted by molar-refractivity contribution is 6.00. The average Bonchev–Trinajstić information content (AvgIpc) is 2.56. The van der Waals surface area contributed by atoms with Crippen molar-refractivity contribution in [2.75, 3.05) is 4.90 Å². The van der Waals surface area contributed by atoms with Gasteiger partial charge in [0, 0.05) is 5.69 Å². The molecule has 113 valence electrons. The van der Waals surface area contributed by atoms with E-state index in [1.807, 2.05) is 54.8 Å². The highest BCUT2D eigenvalue weighted by Gasteiger charge is 2.27. The first kappa shape index (κ1) is 15.9. The number of amides is 1. The molecule has 2 rings (SSSR count). The fraction of sp³-hybridized carbons (Fsp3) is 0.222. The van der Waals surface area contributed by atoms with Crippen molar-refractivity contribution in [3.8, 4) is 0 Å². The molecule has 0 unspecified atom stereocenters. The third-order valence-corrected chi connectivity index (χ3v) is 3.45. The molecule has 0 heterocycles. The lowest BCUT2D eigenvalue weighted by atomic mass is 10.0. The number of nitrogens with zero attached hydrogens (tertiary/aromatic N) is 1. The van der Waals surface area contributed by atoms with Crippen LogP contribution in [0.2, 0.25) is 0 Å². The molecule has 0 aliphatic carbocycles. The van der Waals surface area contributed by atoms with Crippen molar-refractivity contribution in [2.24, 2.45) is 5.73 Å². The highest BCUT2D eigenvalue weighted by Crippen LogP contribution is 2.18. The van der Waals surface area contributed by atoms with Gasteiger partial charge >= 0.3 is 0 Å². The minimum atomic E-state index is -0.710. The van der Waals surface area contributed by atoms with Crippen LogP contribution in [0.3, 0.4) is 0 Å². The molecule has 0 saturated heterocycles. The van der Waals surface area contributed by atoms with E-state index in [2.05, 4.69) is 0 Å². The Labute approximate surface area is 130 Å².